The molecule has 114 valence electrons. The lowest BCUT2D eigenvalue weighted by Crippen LogP contribution is -2.47. The number of aryl methyl sites for hydroxylation is 1. The van der Waals surface area contributed by atoms with Crippen LogP contribution >= 0.6 is 0 Å². The van der Waals surface area contributed by atoms with Gasteiger partial charge in [0.2, 0.25) is 11.8 Å². The highest BCUT2D eigenvalue weighted by atomic mass is 16.3. The number of nitrogens with one attached hydrogen (secondary N) is 1. The Kier molecular flexibility index (Phi) is 3.99. The van der Waals surface area contributed by atoms with E-state index in [0.717, 1.165) is 24.4 Å². The molecular weight excluding hydrogens is 268 g/mol. The average molecular weight is 290 g/mol. The summed E-state index contributed by atoms with van der Waals surface area (Å²) in [6.07, 6.45) is 5.54. The first-order valence-corrected chi connectivity index (χ1v) is 7.78. The number of hydrogen-bond acceptors (Lipinski definition) is 3. The lowest BCUT2D eigenvalue weighted by Gasteiger charge is -2.24. The Morgan fingerprint density at radius 1 is 1.33 bits per heavy atom. The van der Waals surface area contributed by atoms with Gasteiger partial charge in [-0.3, -0.25) is 9.59 Å². The SMILES string of the molecule is Cc1ccc(CN2C(=O)CC[C@H]2C(=O)NC2CCCC2)o1. The molecule has 0 radical (unpaired) electrons. The van der Waals surface area contributed by atoms with E-state index in [9.17, 15) is 9.59 Å². The number of likely N-dealkylation sites (tertiary alicyclic amines) is 1. The molecule has 1 aromatic heterocycles. The van der Waals surface area contributed by atoms with Gasteiger partial charge in [-0.25, -0.2) is 0 Å². The van der Waals surface area contributed by atoms with Gasteiger partial charge in [-0.05, 0) is 38.3 Å². The van der Waals surface area contributed by atoms with Crippen LogP contribution in [0, 0.1) is 6.92 Å². The summed E-state index contributed by atoms with van der Waals surface area (Å²) >= 11 is 0. The highest BCUT2D eigenvalue weighted by molar-refractivity contribution is 5.91. The summed E-state index contributed by atoms with van der Waals surface area (Å²) in [7, 11) is 0. The van der Waals surface area contributed by atoms with Gasteiger partial charge in [0.25, 0.3) is 0 Å². The van der Waals surface area contributed by atoms with E-state index in [0.29, 0.717) is 25.4 Å². The van der Waals surface area contributed by atoms with Crippen LogP contribution in [0.1, 0.15) is 50.0 Å². The molecule has 1 aromatic rings. The minimum absolute atomic E-state index is 0.00368. The molecule has 2 heterocycles. The van der Waals surface area contributed by atoms with Gasteiger partial charge in [-0.15, -0.1) is 0 Å². The van der Waals surface area contributed by atoms with Crippen molar-refractivity contribution in [3.63, 3.8) is 0 Å². The standard InChI is InChI=1S/C16H22N2O3/c1-11-6-7-13(21-11)10-18-14(8-9-15(18)19)16(20)17-12-4-2-3-5-12/h6-7,12,14H,2-5,8-10H2,1H3,(H,17,20)/t14-/m0/s1. The third kappa shape index (κ3) is 3.12. The summed E-state index contributed by atoms with van der Waals surface area (Å²) in [4.78, 5) is 26.1. The molecule has 0 spiro atoms. The second-order valence-electron chi connectivity index (χ2n) is 6.08. The van der Waals surface area contributed by atoms with E-state index in [-0.39, 0.29) is 17.9 Å². The summed E-state index contributed by atoms with van der Waals surface area (Å²) in [5, 5.41) is 3.10. The van der Waals surface area contributed by atoms with E-state index in [1.165, 1.54) is 12.8 Å². The van der Waals surface area contributed by atoms with Crippen LogP contribution in [0.3, 0.4) is 0 Å². The monoisotopic (exact) mass is 290 g/mol. The van der Waals surface area contributed by atoms with E-state index in [1.54, 1.807) is 4.90 Å². The third-order valence-electron chi connectivity index (χ3n) is 4.45. The molecule has 1 saturated heterocycles. The number of nitrogens with zero attached hydrogens (tertiary/aromatic N) is 1. The summed E-state index contributed by atoms with van der Waals surface area (Å²) in [6.45, 7) is 2.26. The van der Waals surface area contributed by atoms with Crippen molar-refractivity contribution in [1.82, 2.24) is 10.2 Å². The first kappa shape index (κ1) is 14.2. The van der Waals surface area contributed by atoms with Crippen LogP contribution in [0.4, 0.5) is 0 Å². The predicted molar refractivity (Wildman–Crippen MR) is 77.4 cm³/mol. The van der Waals surface area contributed by atoms with Crippen molar-refractivity contribution >= 4 is 11.8 Å². The highest BCUT2D eigenvalue weighted by Crippen LogP contribution is 2.24. The molecule has 1 N–H and O–H groups in total. The number of carbonyl (C=O) groups is 2. The van der Waals surface area contributed by atoms with Crippen LogP contribution in [0.15, 0.2) is 16.5 Å². The second kappa shape index (κ2) is 5.92. The fourth-order valence-electron chi connectivity index (χ4n) is 3.31. The van der Waals surface area contributed by atoms with Crippen molar-refractivity contribution in [2.24, 2.45) is 0 Å². The average Bonchev–Trinajstić information content (AvgIpc) is 3.15. The van der Waals surface area contributed by atoms with Gasteiger partial charge in [0, 0.05) is 12.5 Å². The van der Waals surface area contributed by atoms with Crippen molar-refractivity contribution in [1.29, 1.82) is 0 Å². The first-order chi connectivity index (χ1) is 10.1. The zero-order chi connectivity index (χ0) is 14.8. The van der Waals surface area contributed by atoms with Crippen LogP contribution in [0.25, 0.3) is 0 Å². The molecule has 1 atom stereocenters. The Balaban J connectivity index is 1.65. The molecule has 0 unspecified atom stereocenters. The Morgan fingerprint density at radius 3 is 2.76 bits per heavy atom. The first-order valence-electron chi connectivity index (χ1n) is 7.78. The number of amides is 2. The maximum absolute atomic E-state index is 12.4. The fraction of sp³-hybridized carbons (Fsp3) is 0.625. The molecular formula is C16H22N2O3. The van der Waals surface area contributed by atoms with E-state index in [4.69, 9.17) is 4.42 Å². The maximum atomic E-state index is 12.4. The Bertz CT molecular complexity index is 531. The second-order valence-corrected chi connectivity index (χ2v) is 6.08. The molecule has 0 bridgehead atoms. The predicted octanol–water partition coefficient (Wildman–Crippen LogP) is 2.14. The van der Waals surface area contributed by atoms with Crippen LogP contribution in [0.2, 0.25) is 0 Å². The fourth-order valence-corrected chi connectivity index (χ4v) is 3.31. The van der Waals surface area contributed by atoms with E-state index in [2.05, 4.69) is 5.32 Å². The Morgan fingerprint density at radius 2 is 2.10 bits per heavy atom. The normalized spacial score (nSPS) is 23.0. The molecule has 5 nitrogen and oxygen atoms in total. The molecule has 2 aliphatic rings. The third-order valence-corrected chi connectivity index (χ3v) is 4.45. The molecule has 2 amide bonds. The Labute approximate surface area is 124 Å². The van der Waals surface area contributed by atoms with E-state index >= 15 is 0 Å². The minimum Gasteiger partial charge on any atom is -0.464 e. The summed E-state index contributed by atoms with van der Waals surface area (Å²) in [6, 6.07) is 3.69. The van der Waals surface area contributed by atoms with Crippen molar-refractivity contribution in [2.45, 2.75) is 64.1 Å². The maximum Gasteiger partial charge on any atom is 0.243 e. The van der Waals surface area contributed by atoms with E-state index < -0.39 is 0 Å². The van der Waals surface area contributed by atoms with Crippen LogP contribution in [-0.2, 0) is 16.1 Å². The lowest BCUT2D eigenvalue weighted by atomic mass is 10.1. The van der Waals surface area contributed by atoms with Crippen molar-refractivity contribution in [2.75, 3.05) is 0 Å². The molecule has 1 aliphatic heterocycles. The molecule has 21 heavy (non-hydrogen) atoms. The van der Waals surface area contributed by atoms with Crippen LogP contribution in [0.5, 0.6) is 0 Å². The summed E-state index contributed by atoms with van der Waals surface area (Å²) in [5.74, 6) is 1.59. The van der Waals surface area contributed by atoms with Gasteiger partial charge in [0.05, 0.1) is 6.54 Å². The quantitative estimate of drug-likeness (QED) is 0.924. The van der Waals surface area contributed by atoms with E-state index in [1.807, 2.05) is 19.1 Å². The Hall–Kier alpha value is -1.78. The molecule has 0 aromatic carbocycles. The van der Waals surface area contributed by atoms with Crippen LogP contribution in [-0.4, -0.2) is 28.8 Å². The topological polar surface area (TPSA) is 62.6 Å². The van der Waals surface area contributed by atoms with Gasteiger partial charge >= 0.3 is 0 Å². The molecule has 1 aliphatic carbocycles. The van der Waals surface area contributed by atoms with Gasteiger partial charge < -0.3 is 14.6 Å². The molecule has 1 saturated carbocycles. The molecule has 5 heteroatoms. The number of furan rings is 1. The van der Waals surface area contributed by atoms with Gasteiger partial charge in [-0.1, -0.05) is 12.8 Å². The van der Waals surface area contributed by atoms with Crippen molar-refractivity contribution < 1.29 is 14.0 Å². The largest absolute Gasteiger partial charge is 0.464 e. The minimum atomic E-state index is -0.344. The zero-order valence-corrected chi connectivity index (χ0v) is 12.4. The lowest BCUT2D eigenvalue weighted by molar-refractivity contribution is -0.136. The number of carbonyl (C=O) groups excluding carboxylic acids is 2. The number of rotatable bonds is 4. The smallest absolute Gasteiger partial charge is 0.243 e. The summed E-state index contributed by atoms with van der Waals surface area (Å²) in [5.41, 5.74) is 0. The van der Waals surface area contributed by atoms with Crippen molar-refractivity contribution in [3.8, 4) is 0 Å². The zero-order valence-electron chi connectivity index (χ0n) is 12.4. The molecule has 3 rings (SSSR count). The molecule has 2 fully saturated rings. The van der Waals surface area contributed by atoms with Gasteiger partial charge in [0.1, 0.15) is 17.6 Å². The van der Waals surface area contributed by atoms with Crippen LogP contribution < -0.4 is 5.32 Å². The van der Waals surface area contributed by atoms with Gasteiger partial charge in [-0.2, -0.15) is 0 Å². The highest BCUT2D eigenvalue weighted by Gasteiger charge is 2.37. The number of hydrogen-bond donors (Lipinski definition) is 1. The van der Waals surface area contributed by atoms with Gasteiger partial charge in [0.15, 0.2) is 0 Å². The van der Waals surface area contributed by atoms with Crippen molar-refractivity contribution in [3.05, 3.63) is 23.7 Å². The summed E-state index contributed by atoms with van der Waals surface area (Å²) < 4.78 is 5.53.